The Bertz CT molecular complexity index is 1100. The van der Waals surface area contributed by atoms with Crippen LogP contribution in [-0.4, -0.2) is 65.2 Å². The number of carbonyl (C=O) groups excluding carboxylic acids is 1. The molecule has 0 aromatic rings. The predicted molar refractivity (Wildman–Crippen MR) is 162 cm³/mol. The molecule has 8 nitrogen and oxygen atoms in total. The zero-order valence-corrected chi connectivity index (χ0v) is 26.2. The van der Waals surface area contributed by atoms with Gasteiger partial charge in [0.1, 0.15) is 5.76 Å². The van der Waals surface area contributed by atoms with E-state index < -0.39 is 23.0 Å². The lowest BCUT2D eigenvalue weighted by Crippen LogP contribution is -2.78. The first-order valence-corrected chi connectivity index (χ1v) is 17.2. The van der Waals surface area contributed by atoms with E-state index in [1.54, 1.807) is 0 Å². The summed E-state index contributed by atoms with van der Waals surface area (Å²) in [6, 6.07) is -0.0218. The number of unbranched alkanes of at least 4 members (excludes halogenated alkanes) is 9. The highest BCUT2D eigenvalue weighted by Crippen LogP contribution is 2.73. The molecular formula is C35H53NO7. The Morgan fingerprint density at radius 3 is 2.49 bits per heavy atom. The number of rotatable bonds is 16. The third-order valence-electron chi connectivity index (χ3n) is 11.5. The van der Waals surface area contributed by atoms with E-state index in [0.29, 0.717) is 43.0 Å². The number of ether oxygens (including phenoxy) is 4. The number of carbonyl (C=O) groups is 1. The van der Waals surface area contributed by atoms with Crippen LogP contribution in [0.1, 0.15) is 110 Å². The fourth-order valence-electron chi connectivity index (χ4n) is 9.10. The predicted octanol–water partition coefficient (Wildman–Crippen LogP) is 6.72. The van der Waals surface area contributed by atoms with Gasteiger partial charge in [0, 0.05) is 18.5 Å². The molecule has 5 fully saturated rings. The van der Waals surface area contributed by atoms with Gasteiger partial charge in [-0.05, 0) is 75.0 Å². The third-order valence-corrected chi connectivity index (χ3v) is 11.5. The monoisotopic (exact) mass is 599 g/mol. The van der Waals surface area contributed by atoms with Crippen LogP contribution in [0.3, 0.4) is 0 Å². The quantitative estimate of drug-likeness (QED) is 0.0873. The summed E-state index contributed by atoms with van der Waals surface area (Å²) in [7, 11) is 0. The molecule has 240 valence electrons. The summed E-state index contributed by atoms with van der Waals surface area (Å²) in [5.74, 6) is -0.0453. The number of piperidine rings is 1. The summed E-state index contributed by atoms with van der Waals surface area (Å²) in [5, 5.41) is 24.7. The van der Waals surface area contributed by atoms with Gasteiger partial charge in [0.25, 0.3) is 0 Å². The Hall–Kier alpha value is -2.03. The highest BCUT2D eigenvalue weighted by Gasteiger charge is 2.81. The van der Waals surface area contributed by atoms with Crippen LogP contribution >= 0.6 is 0 Å². The van der Waals surface area contributed by atoms with Gasteiger partial charge < -0.3 is 29.2 Å². The number of aliphatic hydroxyl groups is 2. The average molecular weight is 600 g/mol. The number of hydrogen-bond donors (Lipinski definition) is 2. The molecular weight excluding hydrogens is 546 g/mol. The molecule has 0 amide bonds. The topological polar surface area (TPSA) is 97.7 Å². The van der Waals surface area contributed by atoms with Crippen LogP contribution in [0, 0.1) is 23.2 Å². The Morgan fingerprint density at radius 2 is 1.77 bits per heavy atom. The van der Waals surface area contributed by atoms with Crippen molar-refractivity contribution in [1.82, 2.24) is 4.90 Å². The highest BCUT2D eigenvalue weighted by atomic mass is 16.8. The maximum Gasteiger partial charge on any atom is 0.511 e. The van der Waals surface area contributed by atoms with Gasteiger partial charge in [0.15, 0.2) is 5.76 Å². The lowest BCUT2D eigenvalue weighted by atomic mass is 9.42. The van der Waals surface area contributed by atoms with E-state index in [1.165, 1.54) is 57.8 Å². The lowest BCUT2D eigenvalue weighted by Gasteiger charge is -2.67. The molecule has 6 aliphatic rings. The summed E-state index contributed by atoms with van der Waals surface area (Å²) in [5.41, 5.74) is -1.34. The Kier molecular flexibility index (Phi) is 9.19. The number of hydrogen-bond acceptors (Lipinski definition) is 8. The molecule has 0 radical (unpaired) electrons. The van der Waals surface area contributed by atoms with Crippen molar-refractivity contribution in [3.8, 4) is 0 Å². The molecule has 3 saturated carbocycles. The van der Waals surface area contributed by atoms with Crippen molar-refractivity contribution in [3.63, 3.8) is 0 Å². The largest absolute Gasteiger partial charge is 0.511 e. The van der Waals surface area contributed by atoms with Crippen LogP contribution in [0.4, 0.5) is 4.79 Å². The maximum absolute atomic E-state index is 12.5. The molecule has 1 spiro atoms. The number of nitrogens with zero attached hydrogens (tertiary/aromatic N) is 1. The van der Waals surface area contributed by atoms with E-state index in [-0.39, 0.29) is 24.7 Å². The first-order chi connectivity index (χ1) is 20.8. The zero-order chi connectivity index (χ0) is 30.1. The Labute approximate surface area is 257 Å². The molecule has 43 heavy (non-hydrogen) atoms. The molecule has 2 N–H and O–H groups in total. The van der Waals surface area contributed by atoms with Gasteiger partial charge in [0.2, 0.25) is 12.6 Å². The van der Waals surface area contributed by atoms with Crippen molar-refractivity contribution >= 4 is 6.16 Å². The van der Waals surface area contributed by atoms with Crippen molar-refractivity contribution in [1.29, 1.82) is 0 Å². The van der Waals surface area contributed by atoms with E-state index >= 15 is 0 Å². The second-order valence-corrected chi connectivity index (χ2v) is 14.1. The minimum Gasteiger partial charge on any atom is -0.458 e. The number of allylic oxidation sites excluding steroid dienone is 3. The SMILES string of the molecule is C=C1CC[C@@]2(O)C3CC4C=CC(OCOC(=O)OCCCCCCCCCCCC)=C5O[C@]1(O)[C@]2(CCN3CC1CC1)C54. The molecule has 3 unspecified atom stereocenters. The van der Waals surface area contributed by atoms with Crippen molar-refractivity contribution in [2.45, 2.75) is 127 Å². The van der Waals surface area contributed by atoms with E-state index in [1.807, 2.05) is 6.08 Å². The molecule has 2 heterocycles. The fraction of sp³-hybridized carbons (Fsp3) is 0.800. The molecule has 2 saturated heterocycles. The van der Waals surface area contributed by atoms with Crippen LogP contribution in [0.15, 0.2) is 35.8 Å². The minimum atomic E-state index is -1.65. The van der Waals surface area contributed by atoms with Crippen molar-refractivity contribution < 1.29 is 34.0 Å². The lowest BCUT2D eigenvalue weighted by molar-refractivity contribution is -0.318. The summed E-state index contributed by atoms with van der Waals surface area (Å²) in [4.78, 5) is 14.7. The Morgan fingerprint density at radius 1 is 1.05 bits per heavy atom. The average Bonchev–Trinajstić information content (AvgIpc) is 3.76. The van der Waals surface area contributed by atoms with Crippen molar-refractivity contribution in [3.05, 3.63) is 35.8 Å². The summed E-state index contributed by atoms with van der Waals surface area (Å²) in [6.45, 7) is 8.35. The molecule has 4 aliphatic carbocycles. The standard InChI is InChI=1S/C35H53NO7/c1-3-4-5-6-7-8-9-10-11-12-21-40-32(37)42-24-41-28-16-15-27-22-29-34(38)18-17-25(2)35(39)33(34,30(27)31(28)43-35)19-20-36(29)23-26-13-14-26/h15-16,26-27,29-30,38-39H,2-14,17-24H2,1H3/t27?,29?,30?,33-,34-,35+/m1/s1. The molecule has 8 heteroatoms. The number of likely N-dealkylation sites (tertiary alicyclic amines) is 1. The molecule has 6 rings (SSSR count). The maximum atomic E-state index is 12.5. The van der Waals surface area contributed by atoms with Crippen LogP contribution in [0.2, 0.25) is 0 Å². The summed E-state index contributed by atoms with van der Waals surface area (Å²) < 4.78 is 22.8. The van der Waals surface area contributed by atoms with E-state index in [9.17, 15) is 15.0 Å². The van der Waals surface area contributed by atoms with Crippen LogP contribution < -0.4 is 0 Å². The fourth-order valence-corrected chi connectivity index (χ4v) is 9.10. The second kappa shape index (κ2) is 12.8. The van der Waals surface area contributed by atoms with Crippen LogP contribution in [0.25, 0.3) is 0 Å². The van der Waals surface area contributed by atoms with Crippen molar-refractivity contribution in [2.24, 2.45) is 23.2 Å². The van der Waals surface area contributed by atoms with Crippen LogP contribution in [-0.2, 0) is 18.9 Å². The van der Waals surface area contributed by atoms with E-state index in [0.717, 1.165) is 44.7 Å². The molecule has 2 aliphatic heterocycles. The summed E-state index contributed by atoms with van der Waals surface area (Å²) >= 11 is 0. The summed E-state index contributed by atoms with van der Waals surface area (Å²) in [6.07, 6.45) is 20.5. The van der Waals surface area contributed by atoms with E-state index in [2.05, 4.69) is 24.5 Å². The van der Waals surface area contributed by atoms with Gasteiger partial charge in [-0.3, -0.25) is 4.90 Å². The van der Waals surface area contributed by atoms with Gasteiger partial charge >= 0.3 is 6.16 Å². The minimum absolute atomic E-state index is 0.0218. The van der Waals surface area contributed by atoms with Crippen molar-refractivity contribution in [2.75, 3.05) is 26.5 Å². The van der Waals surface area contributed by atoms with Gasteiger partial charge in [-0.1, -0.05) is 77.4 Å². The normalized spacial score (nSPS) is 35.9. The smallest absolute Gasteiger partial charge is 0.458 e. The zero-order valence-electron chi connectivity index (χ0n) is 26.2. The highest BCUT2D eigenvalue weighted by molar-refractivity contribution is 5.59. The molecule has 2 bridgehead atoms. The first-order valence-electron chi connectivity index (χ1n) is 17.2. The second-order valence-electron chi connectivity index (χ2n) is 14.1. The van der Waals surface area contributed by atoms with Gasteiger partial charge in [-0.25, -0.2) is 4.79 Å². The van der Waals surface area contributed by atoms with Crippen LogP contribution in [0.5, 0.6) is 0 Å². The van der Waals surface area contributed by atoms with E-state index in [4.69, 9.17) is 18.9 Å². The van der Waals surface area contributed by atoms with Gasteiger partial charge in [-0.15, -0.1) is 0 Å². The molecule has 0 aromatic carbocycles. The van der Waals surface area contributed by atoms with Gasteiger partial charge in [0.05, 0.1) is 17.6 Å². The molecule has 6 atom stereocenters. The molecule has 0 aromatic heterocycles. The third kappa shape index (κ3) is 5.54. The van der Waals surface area contributed by atoms with Gasteiger partial charge in [-0.2, -0.15) is 0 Å². The first kappa shape index (κ1) is 31.0. The Balaban J connectivity index is 1.01.